The summed E-state index contributed by atoms with van der Waals surface area (Å²) in [6.07, 6.45) is 2.19. The molecular formula is C56H40. The lowest BCUT2D eigenvalue weighted by Crippen LogP contribution is -2.23. The van der Waals surface area contributed by atoms with Crippen LogP contribution in [0.15, 0.2) is 182 Å². The summed E-state index contributed by atoms with van der Waals surface area (Å²) in [5.74, 6) is 0. The van der Waals surface area contributed by atoms with Gasteiger partial charge in [-0.15, -0.1) is 0 Å². The van der Waals surface area contributed by atoms with Crippen molar-refractivity contribution in [3.63, 3.8) is 0 Å². The second-order valence-electron chi connectivity index (χ2n) is 16.7. The summed E-state index contributed by atoms with van der Waals surface area (Å²) in [7, 11) is 0. The maximum absolute atomic E-state index is 2.57. The highest BCUT2D eigenvalue weighted by molar-refractivity contribution is 6.22. The number of aryl methyl sites for hydroxylation is 1. The minimum absolute atomic E-state index is 0.0383. The predicted octanol–water partition coefficient (Wildman–Crippen LogP) is 14.6. The maximum Gasteiger partial charge on any atom is 0.0469 e. The van der Waals surface area contributed by atoms with E-state index in [4.69, 9.17) is 0 Å². The third-order valence-corrected chi connectivity index (χ3v) is 13.7. The molecule has 1 unspecified atom stereocenters. The Labute approximate surface area is 328 Å². The Morgan fingerprint density at radius 3 is 1.70 bits per heavy atom. The van der Waals surface area contributed by atoms with E-state index in [1.165, 1.54) is 111 Å². The average molecular weight is 713 g/mol. The number of benzene rings is 9. The van der Waals surface area contributed by atoms with Crippen molar-refractivity contribution in [3.05, 3.63) is 215 Å². The smallest absolute Gasteiger partial charge is 0.0469 e. The SMILES string of the molecule is CC1(C)c2ccccc2-c2cc(-c3c4ccccc4c(-c4ccc5c(c4)C4(CCc6ccccc64)c4ccccc4-5)c4ccc(-c5ccccc5)cc34)ccc21. The number of fused-ring (bicyclic) bond motifs is 12. The van der Waals surface area contributed by atoms with Gasteiger partial charge in [0, 0.05) is 10.8 Å². The van der Waals surface area contributed by atoms with Crippen LogP contribution in [0.4, 0.5) is 0 Å². The molecule has 56 heavy (non-hydrogen) atoms. The van der Waals surface area contributed by atoms with E-state index >= 15 is 0 Å². The Morgan fingerprint density at radius 1 is 0.339 bits per heavy atom. The van der Waals surface area contributed by atoms with Gasteiger partial charge in [0.2, 0.25) is 0 Å². The summed E-state index contributed by atoms with van der Waals surface area (Å²) in [5, 5.41) is 5.15. The van der Waals surface area contributed by atoms with Crippen LogP contribution in [0.1, 0.15) is 53.6 Å². The van der Waals surface area contributed by atoms with Crippen LogP contribution >= 0.6 is 0 Å². The fourth-order valence-electron chi connectivity index (χ4n) is 11.2. The van der Waals surface area contributed by atoms with Crippen molar-refractivity contribution in [1.29, 1.82) is 0 Å². The maximum atomic E-state index is 2.57. The lowest BCUT2D eigenvalue weighted by Gasteiger charge is -2.29. The van der Waals surface area contributed by atoms with Gasteiger partial charge in [0.1, 0.15) is 0 Å². The predicted molar refractivity (Wildman–Crippen MR) is 235 cm³/mol. The quantitative estimate of drug-likeness (QED) is 0.160. The van der Waals surface area contributed by atoms with Crippen molar-refractivity contribution in [2.45, 2.75) is 37.5 Å². The van der Waals surface area contributed by atoms with E-state index in [2.05, 4.69) is 196 Å². The lowest BCUT2D eigenvalue weighted by atomic mass is 9.73. The highest BCUT2D eigenvalue weighted by Crippen LogP contribution is 2.59. The fourth-order valence-corrected chi connectivity index (χ4v) is 11.2. The van der Waals surface area contributed by atoms with Crippen LogP contribution in [0.5, 0.6) is 0 Å². The molecule has 0 aliphatic heterocycles. The molecule has 12 rings (SSSR count). The molecule has 0 heterocycles. The molecule has 0 saturated heterocycles. The molecule has 3 aliphatic carbocycles. The molecule has 0 aromatic heterocycles. The Hall–Kier alpha value is -6.50. The first-order valence-corrected chi connectivity index (χ1v) is 20.1. The Balaban J connectivity index is 1.15. The number of hydrogen-bond acceptors (Lipinski definition) is 0. The van der Waals surface area contributed by atoms with Crippen LogP contribution in [0, 0.1) is 0 Å². The first-order chi connectivity index (χ1) is 27.5. The molecule has 1 spiro atoms. The van der Waals surface area contributed by atoms with Gasteiger partial charge in [-0.05, 0) is 142 Å². The van der Waals surface area contributed by atoms with Crippen molar-refractivity contribution < 1.29 is 0 Å². The normalized spacial score (nSPS) is 16.8. The van der Waals surface area contributed by atoms with Crippen LogP contribution < -0.4 is 0 Å². The van der Waals surface area contributed by atoms with Gasteiger partial charge in [-0.3, -0.25) is 0 Å². The first kappa shape index (κ1) is 31.8. The summed E-state index contributed by atoms with van der Waals surface area (Å²) in [4.78, 5) is 0. The van der Waals surface area contributed by atoms with Crippen LogP contribution in [0.2, 0.25) is 0 Å². The van der Waals surface area contributed by atoms with Gasteiger partial charge >= 0.3 is 0 Å². The molecule has 0 saturated carbocycles. The van der Waals surface area contributed by atoms with E-state index in [0.29, 0.717) is 0 Å². The van der Waals surface area contributed by atoms with E-state index < -0.39 is 0 Å². The summed E-state index contributed by atoms with van der Waals surface area (Å²) >= 11 is 0. The van der Waals surface area contributed by atoms with Gasteiger partial charge in [0.25, 0.3) is 0 Å². The molecule has 0 N–H and O–H groups in total. The average Bonchev–Trinajstić information content (AvgIpc) is 3.86. The zero-order valence-corrected chi connectivity index (χ0v) is 31.7. The third kappa shape index (κ3) is 4.19. The minimum atomic E-state index is -0.140. The standard InChI is InChI=1S/C56H40/c1-55(2)49-22-12-9-18-41(49)46-33-38(26-29-50(46)55)54-44-20-8-7-19-43(44)53(45-28-24-37(32-47(45)54)35-14-4-3-5-15-35)39-25-27-42-40-17-10-13-23-51(40)56(52(42)34-39)31-30-36-16-6-11-21-48(36)56/h3-29,32-34H,30-31H2,1-2H3. The van der Waals surface area contributed by atoms with Crippen LogP contribution in [0.25, 0.3) is 77.2 Å². The van der Waals surface area contributed by atoms with Gasteiger partial charge in [-0.2, -0.15) is 0 Å². The van der Waals surface area contributed by atoms with Gasteiger partial charge in [-0.25, -0.2) is 0 Å². The zero-order chi connectivity index (χ0) is 37.2. The van der Waals surface area contributed by atoms with E-state index in [0.717, 1.165) is 12.8 Å². The summed E-state index contributed by atoms with van der Waals surface area (Å²) in [5.41, 5.74) is 21.6. The monoisotopic (exact) mass is 712 g/mol. The second-order valence-corrected chi connectivity index (χ2v) is 16.7. The van der Waals surface area contributed by atoms with Crippen LogP contribution in [-0.2, 0) is 17.3 Å². The Morgan fingerprint density at radius 2 is 0.893 bits per heavy atom. The van der Waals surface area contributed by atoms with E-state index in [1.54, 1.807) is 0 Å². The van der Waals surface area contributed by atoms with Crippen LogP contribution in [0.3, 0.4) is 0 Å². The molecule has 1 atom stereocenters. The van der Waals surface area contributed by atoms with Gasteiger partial charge < -0.3 is 0 Å². The first-order valence-electron chi connectivity index (χ1n) is 20.1. The molecule has 9 aromatic carbocycles. The fraction of sp³-hybridized carbons (Fsp3) is 0.107. The minimum Gasteiger partial charge on any atom is -0.0622 e. The van der Waals surface area contributed by atoms with Crippen LogP contribution in [-0.4, -0.2) is 0 Å². The molecule has 0 radical (unpaired) electrons. The highest BCUT2D eigenvalue weighted by Gasteiger charge is 2.48. The molecule has 0 fully saturated rings. The molecule has 3 aliphatic rings. The summed E-state index contributed by atoms with van der Waals surface area (Å²) in [6, 6.07) is 69.2. The highest BCUT2D eigenvalue weighted by atomic mass is 14.5. The van der Waals surface area contributed by atoms with E-state index in [9.17, 15) is 0 Å². The summed E-state index contributed by atoms with van der Waals surface area (Å²) < 4.78 is 0. The largest absolute Gasteiger partial charge is 0.0622 e. The third-order valence-electron chi connectivity index (χ3n) is 13.7. The number of rotatable bonds is 3. The zero-order valence-electron chi connectivity index (χ0n) is 31.7. The van der Waals surface area contributed by atoms with E-state index in [-0.39, 0.29) is 10.8 Å². The van der Waals surface area contributed by atoms with Crippen molar-refractivity contribution in [3.8, 4) is 55.6 Å². The molecule has 0 heteroatoms. The molecular weight excluding hydrogens is 673 g/mol. The number of hydrogen-bond donors (Lipinski definition) is 0. The molecule has 264 valence electrons. The summed E-state index contributed by atoms with van der Waals surface area (Å²) in [6.45, 7) is 4.74. The van der Waals surface area contributed by atoms with Crippen molar-refractivity contribution in [1.82, 2.24) is 0 Å². The van der Waals surface area contributed by atoms with Crippen molar-refractivity contribution >= 4 is 21.5 Å². The van der Waals surface area contributed by atoms with Gasteiger partial charge in [0.15, 0.2) is 0 Å². The van der Waals surface area contributed by atoms with Gasteiger partial charge in [0.05, 0.1) is 0 Å². The molecule has 0 nitrogen and oxygen atoms in total. The molecule has 9 aromatic rings. The Kier molecular flexibility index (Phi) is 6.54. The molecule has 0 amide bonds. The van der Waals surface area contributed by atoms with Crippen molar-refractivity contribution in [2.75, 3.05) is 0 Å². The van der Waals surface area contributed by atoms with E-state index in [1.807, 2.05) is 0 Å². The van der Waals surface area contributed by atoms with Crippen molar-refractivity contribution in [2.24, 2.45) is 0 Å². The lowest BCUT2D eigenvalue weighted by molar-refractivity contribution is 0.626. The second kappa shape index (κ2) is 11.5. The molecule has 0 bridgehead atoms. The van der Waals surface area contributed by atoms with Gasteiger partial charge in [-0.1, -0.05) is 178 Å². The Bertz CT molecular complexity index is 3110. The topological polar surface area (TPSA) is 0 Å².